The Hall–Kier alpha value is -3.53. The Bertz CT molecular complexity index is 1500. The molecule has 1 aromatic heterocycles. The van der Waals surface area contributed by atoms with Crippen molar-refractivity contribution in [1.29, 1.82) is 0 Å². The van der Waals surface area contributed by atoms with Crippen LogP contribution in [0.1, 0.15) is 34.0 Å². The first kappa shape index (κ1) is 27.5. The Morgan fingerprint density at radius 1 is 1.11 bits per heavy atom. The maximum atomic E-state index is 13.7. The molecule has 0 spiro atoms. The van der Waals surface area contributed by atoms with Gasteiger partial charge in [-0.3, -0.25) is 4.57 Å². The molecule has 0 aliphatic carbocycles. The zero-order valence-corrected chi connectivity index (χ0v) is 21.7. The average molecular weight is 544 g/mol. The highest BCUT2D eigenvalue weighted by molar-refractivity contribution is 6.34. The lowest BCUT2D eigenvalue weighted by Gasteiger charge is -2.25. The van der Waals surface area contributed by atoms with E-state index < -0.39 is 35.5 Å². The number of hydrogen-bond acceptors (Lipinski definition) is 6. The van der Waals surface area contributed by atoms with Crippen molar-refractivity contribution in [1.82, 2.24) is 9.88 Å². The molecule has 0 amide bonds. The van der Waals surface area contributed by atoms with Crippen LogP contribution in [0.15, 0.2) is 63.8 Å². The van der Waals surface area contributed by atoms with Crippen molar-refractivity contribution in [3.8, 4) is 0 Å². The Labute approximate surface area is 223 Å². The summed E-state index contributed by atoms with van der Waals surface area (Å²) in [6.07, 6.45) is 0.0854. The number of carbonyl (C=O) groups excluding carboxylic acids is 1. The Kier molecular flexibility index (Phi) is 8.61. The van der Waals surface area contributed by atoms with Gasteiger partial charge in [-0.05, 0) is 47.7 Å². The normalized spacial score (nSPS) is 13.0. The minimum Gasteiger partial charge on any atom is -0.456 e. The molecule has 0 aliphatic rings. The zero-order valence-electron chi connectivity index (χ0n) is 21.0. The van der Waals surface area contributed by atoms with Crippen LogP contribution in [0.25, 0.3) is 11.1 Å². The van der Waals surface area contributed by atoms with Crippen LogP contribution in [0.5, 0.6) is 0 Å². The number of carbonyl (C=O) groups is 1. The molecule has 0 saturated heterocycles. The highest BCUT2D eigenvalue weighted by Crippen LogP contribution is 2.25. The molecule has 38 heavy (non-hydrogen) atoms. The van der Waals surface area contributed by atoms with Crippen molar-refractivity contribution in [3.63, 3.8) is 0 Å². The lowest BCUT2D eigenvalue weighted by Crippen LogP contribution is -2.46. The number of ether oxygens (including phenoxy) is 1. The number of halogens is 3. The Morgan fingerprint density at radius 3 is 2.53 bits per heavy atom. The van der Waals surface area contributed by atoms with Gasteiger partial charge in [-0.25, -0.2) is 18.4 Å². The van der Waals surface area contributed by atoms with E-state index >= 15 is 0 Å². The van der Waals surface area contributed by atoms with Crippen LogP contribution in [0.4, 0.5) is 8.78 Å². The van der Waals surface area contributed by atoms with Gasteiger partial charge in [-0.2, -0.15) is 0 Å². The number of aromatic nitrogens is 1. The van der Waals surface area contributed by atoms with E-state index in [0.29, 0.717) is 17.6 Å². The van der Waals surface area contributed by atoms with E-state index in [2.05, 4.69) is 18.3 Å². The van der Waals surface area contributed by atoms with E-state index in [1.165, 1.54) is 41.4 Å². The smallest absolute Gasteiger partial charge is 0.419 e. The molecule has 0 saturated carbocycles. The average Bonchev–Trinajstić information content (AvgIpc) is 3.14. The molecule has 0 fully saturated rings. The summed E-state index contributed by atoms with van der Waals surface area (Å²) in [6.45, 7) is 2.73. The monoisotopic (exact) mass is 543 g/mol. The summed E-state index contributed by atoms with van der Waals surface area (Å²) in [6, 6.07) is 13.2. The van der Waals surface area contributed by atoms with Crippen LogP contribution in [-0.2, 0) is 31.2 Å². The SMILES string of the molecule is CCc1cccc(CNCC(OC(=O)c2cc3c(cc2Cl)oc(=O)n3C)C(N)Cc2cc(F)cc(F)c2)c1. The molecule has 200 valence electrons. The third-order valence-corrected chi connectivity index (χ3v) is 6.62. The van der Waals surface area contributed by atoms with Gasteiger partial charge in [0.15, 0.2) is 5.58 Å². The van der Waals surface area contributed by atoms with Crippen molar-refractivity contribution in [2.75, 3.05) is 6.54 Å². The van der Waals surface area contributed by atoms with Gasteiger partial charge < -0.3 is 20.2 Å². The van der Waals surface area contributed by atoms with Gasteiger partial charge >= 0.3 is 11.7 Å². The number of nitrogens with two attached hydrogens (primary N) is 1. The molecule has 7 nitrogen and oxygen atoms in total. The van der Waals surface area contributed by atoms with E-state index in [9.17, 15) is 18.4 Å². The first-order chi connectivity index (χ1) is 18.1. The van der Waals surface area contributed by atoms with Gasteiger partial charge in [0.2, 0.25) is 0 Å². The fourth-order valence-corrected chi connectivity index (χ4v) is 4.47. The Balaban J connectivity index is 1.55. The highest BCUT2D eigenvalue weighted by Gasteiger charge is 2.26. The summed E-state index contributed by atoms with van der Waals surface area (Å²) < 4.78 is 39.6. The second-order valence-electron chi connectivity index (χ2n) is 9.12. The van der Waals surface area contributed by atoms with E-state index in [-0.39, 0.29) is 29.1 Å². The van der Waals surface area contributed by atoms with Gasteiger partial charge in [0.05, 0.1) is 16.1 Å². The number of hydrogen-bond donors (Lipinski definition) is 2. The molecule has 2 unspecified atom stereocenters. The van der Waals surface area contributed by atoms with Gasteiger partial charge in [-0.1, -0.05) is 42.8 Å². The van der Waals surface area contributed by atoms with Crippen LogP contribution < -0.4 is 16.8 Å². The summed E-state index contributed by atoms with van der Waals surface area (Å²) in [4.78, 5) is 25.0. The summed E-state index contributed by atoms with van der Waals surface area (Å²) in [5.74, 6) is -2.80. The second-order valence-corrected chi connectivity index (χ2v) is 9.53. The predicted octanol–water partition coefficient (Wildman–Crippen LogP) is 4.51. The first-order valence-corrected chi connectivity index (χ1v) is 12.5. The Morgan fingerprint density at radius 2 is 1.82 bits per heavy atom. The number of rotatable bonds is 10. The number of nitrogens with one attached hydrogen (secondary N) is 1. The highest BCUT2D eigenvalue weighted by atomic mass is 35.5. The summed E-state index contributed by atoms with van der Waals surface area (Å²) >= 11 is 6.30. The topological polar surface area (TPSA) is 99.5 Å². The van der Waals surface area contributed by atoms with Crippen LogP contribution in [0.2, 0.25) is 5.02 Å². The molecule has 4 rings (SSSR count). The minimum atomic E-state index is -0.872. The van der Waals surface area contributed by atoms with Gasteiger partial charge in [0.25, 0.3) is 0 Å². The fraction of sp³-hybridized carbons (Fsp3) is 0.286. The van der Waals surface area contributed by atoms with Crippen LogP contribution >= 0.6 is 11.6 Å². The molecular weight excluding hydrogens is 516 g/mol. The fourth-order valence-electron chi connectivity index (χ4n) is 4.24. The van der Waals surface area contributed by atoms with E-state index in [1.807, 2.05) is 18.2 Å². The van der Waals surface area contributed by atoms with Gasteiger partial charge in [-0.15, -0.1) is 0 Å². The third kappa shape index (κ3) is 6.48. The molecule has 0 aliphatic heterocycles. The lowest BCUT2D eigenvalue weighted by molar-refractivity contribution is 0.0238. The van der Waals surface area contributed by atoms with Crippen molar-refractivity contribution in [3.05, 3.63) is 104 Å². The maximum absolute atomic E-state index is 13.7. The van der Waals surface area contributed by atoms with Crippen molar-refractivity contribution in [2.24, 2.45) is 12.8 Å². The zero-order chi connectivity index (χ0) is 27.4. The largest absolute Gasteiger partial charge is 0.456 e. The number of fused-ring (bicyclic) bond motifs is 1. The lowest BCUT2D eigenvalue weighted by atomic mass is 10.0. The molecule has 2 atom stereocenters. The minimum absolute atomic E-state index is 0.0280. The number of aryl methyl sites for hydroxylation is 2. The van der Waals surface area contributed by atoms with Gasteiger partial charge in [0.1, 0.15) is 17.7 Å². The first-order valence-electron chi connectivity index (χ1n) is 12.1. The van der Waals surface area contributed by atoms with E-state index in [0.717, 1.165) is 18.1 Å². The number of oxazole rings is 1. The second kappa shape index (κ2) is 11.9. The van der Waals surface area contributed by atoms with Crippen molar-refractivity contribution >= 4 is 28.7 Å². The summed E-state index contributed by atoms with van der Waals surface area (Å²) in [5.41, 5.74) is 9.60. The molecular formula is C28H28ClF2N3O4. The quantitative estimate of drug-likeness (QED) is 0.286. The molecule has 4 aromatic rings. The third-order valence-electron chi connectivity index (χ3n) is 6.31. The molecule has 3 N–H and O–H groups in total. The molecule has 1 heterocycles. The van der Waals surface area contributed by atoms with Crippen LogP contribution in [0, 0.1) is 11.6 Å². The number of benzene rings is 3. The predicted molar refractivity (Wildman–Crippen MR) is 141 cm³/mol. The number of nitrogens with zero attached hydrogens (tertiary/aromatic N) is 1. The molecule has 0 bridgehead atoms. The standard InChI is InChI=1S/C28H28ClF2N3O4/c1-3-16-5-4-6-17(7-16)14-33-15-26(23(32)10-18-8-19(30)11-20(31)9-18)37-27(35)21-12-24-25(13-22(21)29)38-28(36)34(24)2/h4-9,11-13,23,26,33H,3,10,14-15,32H2,1-2H3. The molecule has 0 radical (unpaired) electrons. The molecule has 10 heteroatoms. The summed E-state index contributed by atoms with van der Waals surface area (Å²) in [7, 11) is 1.51. The maximum Gasteiger partial charge on any atom is 0.419 e. The number of esters is 1. The van der Waals surface area contributed by atoms with Crippen molar-refractivity contribution in [2.45, 2.75) is 38.5 Å². The summed E-state index contributed by atoms with van der Waals surface area (Å²) in [5, 5.41) is 3.30. The van der Waals surface area contributed by atoms with E-state index in [4.69, 9.17) is 26.5 Å². The van der Waals surface area contributed by atoms with Crippen LogP contribution in [0.3, 0.4) is 0 Å². The molecule has 3 aromatic carbocycles. The van der Waals surface area contributed by atoms with Crippen molar-refractivity contribution < 1.29 is 22.7 Å². The van der Waals surface area contributed by atoms with Crippen LogP contribution in [-0.4, -0.2) is 29.2 Å². The van der Waals surface area contributed by atoms with E-state index in [1.54, 1.807) is 0 Å². The van der Waals surface area contributed by atoms with Gasteiger partial charge in [0, 0.05) is 38.3 Å².